The van der Waals surface area contributed by atoms with Gasteiger partial charge >= 0.3 is 0 Å². The molecule has 0 aromatic heterocycles. The van der Waals surface area contributed by atoms with Crippen molar-refractivity contribution in [3.8, 4) is 0 Å². The number of ether oxygens (including phenoxy) is 3. The van der Waals surface area contributed by atoms with Gasteiger partial charge in [0.15, 0.2) is 0 Å². The third-order valence-electron chi connectivity index (χ3n) is 4.69. The van der Waals surface area contributed by atoms with Crippen LogP contribution in [0.25, 0.3) is 0 Å². The second kappa shape index (κ2) is 13.8. The van der Waals surface area contributed by atoms with Crippen LogP contribution in [0, 0.1) is 0 Å². The normalized spacial score (nSPS) is 12.2. The second-order valence-corrected chi connectivity index (χ2v) is 10.1. The Bertz CT molecular complexity index is 947. The third-order valence-corrected chi connectivity index (χ3v) is 6.43. The van der Waals surface area contributed by atoms with Crippen LogP contribution in [0.1, 0.15) is 24.0 Å². The fourth-order valence-corrected chi connectivity index (χ4v) is 3.91. The Hall–Kier alpha value is -1.86. The van der Waals surface area contributed by atoms with Crippen LogP contribution >= 0.6 is 0 Å². The highest BCUT2D eigenvalue weighted by Crippen LogP contribution is 2.12. The van der Waals surface area contributed by atoms with Gasteiger partial charge in [-0.2, -0.15) is 16.8 Å². The predicted octanol–water partition coefficient (Wildman–Crippen LogP) is 2.80. The molecule has 11 heteroatoms. The maximum atomic E-state index is 11.0. The average Bonchev–Trinajstić information content (AvgIpc) is 2.76. The molecule has 9 nitrogen and oxygen atoms in total. The Morgan fingerprint density at radius 3 is 1.12 bits per heavy atom. The van der Waals surface area contributed by atoms with E-state index in [2.05, 4.69) is 0 Å². The SMILES string of the molecule is O=S(=O)(O)c1ccc(CCCOCCOCCOCCCc2ccc(S(=O)(=O)O)cc2)cc1. The van der Waals surface area contributed by atoms with Crippen LogP contribution in [0.3, 0.4) is 0 Å². The van der Waals surface area contributed by atoms with Crippen molar-refractivity contribution in [2.24, 2.45) is 0 Å². The average molecular weight is 503 g/mol. The summed E-state index contributed by atoms with van der Waals surface area (Å²) >= 11 is 0. The standard InChI is InChI=1S/C22H30O9S2/c23-32(24,25)21-9-5-19(6-10-21)3-1-13-29-15-17-31-18-16-30-14-2-4-20-7-11-22(12-8-20)33(26,27)28/h5-12H,1-4,13-18H2,(H,23,24,25)(H,26,27,28). The van der Waals surface area contributed by atoms with Crippen LogP contribution in [-0.2, 0) is 47.3 Å². The van der Waals surface area contributed by atoms with E-state index in [1.54, 1.807) is 24.3 Å². The molecule has 0 atom stereocenters. The lowest BCUT2D eigenvalue weighted by atomic mass is 10.1. The van der Waals surface area contributed by atoms with E-state index in [-0.39, 0.29) is 9.79 Å². The van der Waals surface area contributed by atoms with Crippen LogP contribution < -0.4 is 0 Å². The summed E-state index contributed by atoms with van der Waals surface area (Å²) in [6.45, 7) is 3.00. The van der Waals surface area contributed by atoms with Crippen molar-refractivity contribution < 1.29 is 40.2 Å². The Morgan fingerprint density at radius 2 is 0.818 bits per heavy atom. The summed E-state index contributed by atoms with van der Waals surface area (Å²) in [5.74, 6) is 0. The van der Waals surface area contributed by atoms with E-state index in [4.69, 9.17) is 23.3 Å². The van der Waals surface area contributed by atoms with Crippen molar-refractivity contribution in [1.29, 1.82) is 0 Å². The quantitative estimate of drug-likeness (QED) is 0.262. The fourth-order valence-electron chi connectivity index (χ4n) is 2.95. The van der Waals surface area contributed by atoms with E-state index < -0.39 is 20.2 Å². The van der Waals surface area contributed by atoms with Gasteiger partial charge in [-0.1, -0.05) is 24.3 Å². The van der Waals surface area contributed by atoms with E-state index >= 15 is 0 Å². The minimum absolute atomic E-state index is 0.114. The van der Waals surface area contributed by atoms with Crippen LogP contribution in [-0.4, -0.2) is 65.6 Å². The number of aryl methyl sites for hydroxylation is 2. The molecule has 184 valence electrons. The minimum atomic E-state index is -4.16. The van der Waals surface area contributed by atoms with Crippen molar-refractivity contribution in [3.05, 3.63) is 59.7 Å². The van der Waals surface area contributed by atoms with Gasteiger partial charge < -0.3 is 14.2 Å². The van der Waals surface area contributed by atoms with Crippen LogP contribution in [0.15, 0.2) is 58.3 Å². The van der Waals surface area contributed by atoms with Crippen LogP contribution in [0.5, 0.6) is 0 Å². The van der Waals surface area contributed by atoms with Crippen molar-refractivity contribution in [1.82, 2.24) is 0 Å². The second-order valence-electron chi connectivity index (χ2n) is 7.28. The van der Waals surface area contributed by atoms with Gasteiger partial charge in [0, 0.05) is 13.2 Å². The van der Waals surface area contributed by atoms with Gasteiger partial charge in [-0.3, -0.25) is 9.11 Å². The molecule has 0 radical (unpaired) electrons. The first-order chi connectivity index (χ1) is 15.7. The first-order valence-corrected chi connectivity index (χ1v) is 13.4. The van der Waals surface area contributed by atoms with Gasteiger partial charge in [0.1, 0.15) is 0 Å². The Kier molecular flexibility index (Phi) is 11.4. The van der Waals surface area contributed by atoms with E-state index in [0.717, 1.165) is 36.8 Å². The van der Waals surface area contributed by atoms with Crippen molar-refractivity contribution in [3.63, 3.8) is 0 Å². The molecule has 0 aliphatic carbocycles. The number of benzene rings is 2. The molecule has 2 aromatic rings. The van der Waals surface area contributed by atoms with Gasteiger partial charge in [0.2, 0.25) is 0 Å². The lowest BCUT2D eigenvalue weighted by molar-refractivity contribution is 0.0138. The van der Waals surface area contributed by atoms with Gasteiger partial charge in [-0.25, -0.2) is 0 Å². The monoisotopic (exact) mass is 502 g/mol. The highest BCUT2D eigenvalue weighted by atomic mass is 32.2. The molecule has 0 saturated heterocycles. The van der Waals surface area contributed by atoms with E-state index in [1.807, 2.05) is 0 Å². The van der Waals surface area contributed by atoms with Gasteiger partial charge in [-0.05, 0) is 61.1 Å². The summed E-state index contributed by atoms with van der Waals surface area (Å²) in [7, 11) is -8.31. The van der Waals surface area contributed by atoms with Crippen LogP contribution in [0.2, 0.25) is 0 Å². The number of rotatable bonds is 16. The molecule has 0 aliphatic rings. The molecule has 0 spiro atoms. The van der Waals surface area contributed by atoms with Gasteiger partial charge in [0.05, 0.1) is 36.2 Å². The summed E-state index contributed by atoms with van der Waals surface area (Å²) in [6, 6.07) is 12.2. The molecule has 0 fully saturated rings. The molecule has 2 aromatic carbocycles. The van der Waals surface area contributed by atoms with E-state index in [9.17, 15) is 16.8 Å². The summed E-state index contributed by atoms with van der Waals surface area (Å²) < 4.78 is 78.3. The molecular formula is C22H30O9S2. The zero-order valence-corrected chi connectivity index (χ0v) is 19.9. The van der Waals surface area contributed by atoms with Crippen molar-refractivity contribution in [2.45, 2.75) is 35.5 Å². The van der Waals surface area contributed by atoms with E-state index in [1.165, 1.54) is 24.3 Å². The molecule has 0 saturated carbocycles. The molecule has 33 heavy (non-hydrogen) atoms. The molecule has 2 rings (SSSR count). The van der Waals surface area contributed by atoms with E-state index in [0.29, 0.717) is 39.6 Å². The molecule has 0 unspecified atom stereocenters. The number of hydrogen-bond acceptors (Lipinski definition) is 7. The maximum absolute atomic E-state index is 11.0. The summed E-state index contributed by atoms with van der Waals surface area (Å²) in [5, 5.41) is 0. The summed E-state index contributed by atoms with van der Waals surface area (Å²) in [5.41, 5.74) is 1.93. The topological polar surface area (TPSA) is 136 Å². The Balaban J connectivity index is 1.41. The number of hydrogen-bond donors (Lipinski definition) is 2. The first-order valence-electron chi connectivity index (χ1n) is 10.5. The zero-order valence-electron chi connectivity index (χ0n) is 18.3. The largest absolute Gasteiger partial charge is 0.379 e. The third kappa shape index (κ3) is 11.2. The fraction of sp³-hybridized carbons (Fsp3) is 0.455. The predicted molar refractivity (Wildman–Crippen MR) is 122 cm³/mol. The zero-order chi connectivity index (χ0) is 24.2. The smallest absolute Gasteiger partial charge is 0.294 e. The molecule has 0 bridgehead atoms. The Morgan fingerprint density at radius 1 is 0.515 bits per heavy atom. The maximum Gasteiger partial charge on any atom is 0.294 e. The van der Waals surface area contributed by atoms with Crippen molar-refractivity contribution >= 4 is 20.2 Å². The molecular weight excluding hydrogens is 472 g/mol. The van der Waals surface area contributed by atoms with Crippen LogP contribution in [0.4, 0.5) is 0 Å². The lowest BCUT2D eigenvalue weighted by Gasteiger charge is -2.07. The minimum Gasteiger partial charge on any atom is -0.379 e. The highest BCUT2D eigenvalue weighted by molar-refractivity contribution is 7.86. The molecule has 0 amide bonds. The van der Waals surface area contributed by atoms with Gasteiger partial charge in [-0.15, -0.1) is 0 Å². The lowest BCUT2D eigenvalue weighted by Crippen LogP contribution is -2.10. The molecule has 0 aliphatic heterocycles. The summed E-state index contributed by atoms with van der Waals surface area (Å²) in [6.07, 6.45) is 3.05. The molecule has 2 N–H and O–H groups in total. The summed E-state index contributed by atoms with van der Waals surface area (Å²) in [4.78, 5) is -0.228. The molecule has 0 heterocycles. The van der Waals surface area contributed by atoms with Gasteiger partial charge in [0.25, 0.3) is 20.2 Å². The highest BCUT2D eigenvalue weighted by Gasteiger charge is 2.09. The van der Waals surface area contributed by atoms with Crippen molar-refractivity contribution in [2.75, 3.05) is 39.6 Å². The first kappa shape index (κ1) is 27.4. The Labute approximate surface area is 195 Å².